The van der Waals surface area contributed by atoms with Crippen LogP contribution in [0.25, 0.3) is 0 Å². The first-order valence-corrected chi connectivity index (χ1v) is 21.8. The van der Waals surface area contributed by atoms with Crippen LogP contribution in [0.1, 0.15) is 162 Å². The second-order valence-corrected chi connectivity index (χ2v) is 14.6. The van der Waals surface area contributed by atoms with Crippen LogP contribution in [0.5, 0.6) is 0 Å². The molecule has 0 aliphatic heterocycles. The zero-order valence-corrected chi connectivity index (χ0v) is 33.7. The second kappa shape index (κ2) is 38.4. The molecule has 3 N–H and O–H groups in total. The van der Waals surface area contributed by atoms with Crippen molar-refractivity contribution in [1.29, 1.82) is 0 Å². The van der Waals surface area contributed by atoms with Crippen LogP contribution in [0.15, 0.2) is 60.8 Å². The van der Waals surface area contributed by atoms with Crippen LogP contribution < -0.4 is 5.73 Å². The van der Waals surface area contributed by atoms with Crippen LogP contribution in [-0.2, 0) is 32.7 Å². The summed E-state index contributed by atoms with van der Waals surface area (Å²) in [4.78, 5) is 34.8. The van der Waals surface area contributed by atoms with Gasteiger partial charge in [0.1, 0.15) is 6.61 Å². The van der Waals surface area contributed by atoms with Crippen LogP contribution in [0.4, 0.5) is 0 Å². The van der Waals surface area contributed by atoms with Gasteiger partial charge in [-0.1, -0.05) is 152 Å². The van der Waals surface area contributed by atoms with E-state index in [0.717, 1.165) is 70.6 Å². The Balaban J connectivity index is 4.27. The lowest BCUT2D eigenvalue weighted by molar-refractivity contribution is -0.161. The first kappa shape index (κ1) is 49.7. The largest absolute Gasteiger partial charge is 0.472 e. The van der Waals surface area contributed by atoms with E-state index < -0.39 is 32.5 Å². The summed E-state index contributed by atoms with van der Waals surface area (Å²) in [6.07, 6.45) is 43.9. The van der Waals surface area contributed by atoms with E-state index in [1.807, 2.05) is 0 Å². The number of phosphoric acid groups is 1. The maximum absolute atomic E-state index is 12.5. The third-order valence-corrected chi connectivity index (χ3v) is 9.15. The Bertz CT molecular complexity index is 1040. The highest BCUT2D eigenvalue weighted by Gasteiger charge is 2.25. The minimum atomic E-state index is -4.38. The van der Waals surface area contributed by atoms with Crippen LogP contribution in [0, 0.1) is 0 Å². The number of hydrogen-bond acceptors (Lipinski definition) is 8. The van der Waals surface area contributed by atoms with Gasteiger partial charge in [0.25, 0.3) is 0 Å². The lowest BCUT2D eigenvalue weighted by Gasteiger charge is -2.19. The average molecular weight is 752 g/mol. The Morgan fingerprint density at radius 3 is 1.58 bits per heavy atom. The molecule has 300 valence electrons. The number of allylic oxidation sites excluding steroid dienone is 10. The van der Waals surface area contributed by atoms with Crippen molar-refractivity contribution < 1.29 is 37.6 Å². The summed E-state index contributed by atoms with van der Waals surface area (Å²) in [5.41, 5.74) is 5.33. The number of rotatable bonds is 37. The molecule has 0 aromatic carbocycles. The van der Waals surface area contributed by atoms with Crippen LogP contribution in [0.3, 0.4) is 0 Å². The predicted octanol–water partition coefficient (Wildman–Crippen LogP) is 11.3. The summed E-state index contributed by atoms with van der Waals surface area (Å²) < 4.78 is 32.7. The van der Waals surface area contributed by atoms with Crippen molar-refractivity contribution in [2.45, 2.75) is 168 Å². The fourth-order valence-electron chi connectivity index (χ4n) is 5.19. The molecule has 0 aliphatic carbocycles. The number of phosphoric ester groups is 1. The molecule has 10 heteroatoms. The highest BCUT2D eigenvalue weighted by molar-refractivity contribution is 7.47. The lowest BCUT2D eigenvalue weighted by atomic mass is 10.0. The van der Waals surface area contributed by atoms with E-state index in [1.54, 1.807) is 0 Å². The minimum Gasteiger partial charge on any atom is -0.462 e. The number of esters is 2. The summed E-state index contributed by atoms with van der Waals surface area (Å²) >= 11 is 0. The smallest absolute Gasteiger partial charge is 0.462 e. The summed E-state index contributed by atoms with van der Waals surface area (Å²) in [7, 11) is -4.38. The van der Waals surface area contributed by atoms with Crippen molar-refractivity contribution in [1.82, 2.24) is 0 Å². The quantitative estimate of drug-likeness (QED) is 0.0275. The number of ether oxygens (including phenoxy) is 2. The van der Waals surface area contributed by atoms with E-state index in [2.05, 4.69) is 74.6 Å². The Morgan fingerprint density at radius 2 is 1.06 bits per heavy atom. The fourth-order valence-corrected chi connectivity index (χ4v) is 5.95. The SMILES string of the molecule is CCC=CCC=CCC=CCC=CCC=CCCCCCC(=O)O[C@H](COC(=O)CCCCCCCCCCCCCC)COP(=O)(O)OCCN. The van der Waals surface area contributed by atoms with Gasteiger partial charge in [0.2, 0.25) is 0 Å². The van der Waals surface area contributed by atoms with Gasteiger partial charge in [-0.05, 0) is 57.8 Å². The van der Waals surface area contributed by atoms with Gasteiger partial charge in [0, 0.05) is 19.4 Å². The molecule has 52 heavy (non-hydrogen) atoms. The third-order valence-electron chi connectivity index (χ3n) is 8.17. The van der Waals surface area contributed by atoms with Gasteiger partial charge in [-0.15, -0.1) is 0 Å². The zero-order chi connectivity index (χ0) is 38.2. The monoisotopic (exact) mass is 752 g/mol. The van der Waals surface area contributed by atoms with Gasteiger partial charge >= 0.3 is 19.8 Å². The summed E-state index contributed by atoms with van der Waals surface area (Å²) in [6.45, 7) is 3.56. The van der Waals surface area contributed by atoms with E-state index in [-0.39, 0.29) is 32.6 Å². The maximum Gasteiger partial charge on any atom is 0.472 e. The third kappa shape index (κ3) is 37.5. The van der Waals surface area contributed by atoms with Crippen molar-refractivity contribution >= 4 is 19.8 Å². The van der Waals surface area contributed by atoms with Gasteiger partial charge in [0.15, 0.2) is 6.10 Å². The fraction of sp³-hybridized carbons (Fsp3) is 0.714. The molecular formula is C42H74NO8P. The van der Waals surface area contributed by atoms with E-state index in [4.69, 9.17) is 24.3 Å². The van der Waals surface area contributed by atoms with Crippen molar-refractivity contribution in [2.75, 3.05) is 26.4 Å². The number of nitrogens with two attached hydrogens (primary N) is 1. The first-order valence-electron chi connectivity index (χ1n) is 20.3. The highest BCUT2D eigenvalue weighted by Crippen LogP contribution is 2.43. The van der Waals surface area contributed by atoms with Crippen LogP contribution in [-0.4, -0.2) is 49.3 Å². The summed E-state index contributed by atoms with van der Waals surface area (Å²) in [5.74, 6) is -0.870. The molecule has 0 amide bonds. The molecule has 0 saturated carbocycles. The Kier molecular flexibility index (Phi) is 36.7. The average Bonchev–Trinajstić information content (AvgIpc) is 3.13. The number of carbonyl (C=O) groups excluding carboxylic acids is 2. The molecule has 0 saturated heterocycles. The molecule has 0 bridgehead atoms. The van der Waals surface area contributed by atoms with E-state index in [1.165, 1.54) is 57.8 Å². The van der Waals surface area contributed by atoms with E-state index in [0.29, 0.717) is 6.42 Å². The topological polar surface area (TPSA) is 134 Å². The van der Waals surface area contributed by atoms with Crippen molar-refractivity contribution in [3.8, 4) is 0 Å². The molecule has 0 aliphatic rings. The van der Waals surface area contributed by atoms with Crippen molar-refractivity contribution in [3.05, 3.63) is 60.8 Å². The molecule has 0 spiro atoms. The highest BCUT2D eigenvalue weighted by atomic mass is 31.2. The number of hydrogen-bond donors (Lipinski definition) is 2. The predicted molar refractivity (Wildman–Crippen MR) is 215 cm³/mol. The van der Waals surface area contributed by atoms with Gasteiger partial charge in [-0.3, -0.25) is 18.6 Å². The van der Waals surface area contributed by atoms with Gasteiger partial charge < -0.3 is 20.1 Å². The van der Waals surface area contributed by atoms with Gasteiger partial charge in [0.05, 0.1) is 13.2 Å². The lowest BCUT2D eigenvalue weighted by Crippen LogP contribution is -2.29. The molecule has 0 aromatic heterocycles. The zero-order valence-electron chi connectivity index (χ0n) is 32.8. The second-order valence-electron chi connectivity index (χ2n) is 13.1. The Labute approximate surface area is 317 Å². The molecule has 0 heterocycles. The minimum absolute atomic E-state index is 0.0458. The van der Waals surface area contributed by atoms with Crippen molar-refractivity contribution in [3.63, 3.8) is 0 Å². The number of carbonyl (C=O) groups is 2. The van der Waals surface area contributed by atoms with Gasteiger partial charge in [-0.2, -0.15) is 0 Å². The molecular weight excluding hydrogens is 677 g/mol. The maximum atomic E-state index is 12.5. The standard InChI is InChI=1S/C42H74NO8P/c1-3-5-7-9-11-13-15-17-18-19-20-21-22-23-25-27-29-31-33-35-42(45)51-40(39-50-52(46,47)49-37-36-43)38-48-41(44)34-32-30-28-26-24-16-14-12-10-8-6-4-2/h5,7,11,13,17-18,20-21,23,25,40H,3-4,6,8-10,12,14-16,19,22,24,26-39,43H2,1-2H3,(H,46,47)/t40-/m1/s1. The molecule has 1 unspecified atom stereocenters. The molecule has 0 aromatic rings. The molecule has 0 fully saturated rings. The first-order chi connectivity index (χ1) is 25.3. The molecule has 2 atom stereocenters. The Morgan fingerprint density at radius 1 is 0.596 bits per heavy atom. The van der Waals surface area contributed by atoms with E-state index in [9.17, 15) is 19.0 Å². The summed E-state index contributed by atoms with van der Waals surface area (Å²) in [5, 5.41) is 0. The normalized spacial score (nSPS) is 14.0. The Hall–Kier alpha value is -2.29. The van der Waals surface area contributed by atoms with Gasteiger partial charge in [-0.25, -0.2) is 4.57 Å². The van der Waals surface area contributed by atoms with Crippen LogP contribution >= 0.6 is 7.82 Å². The number of unbranched alkanes of at least 4 members (excludes halogenated alkanes) is 14. The summed E-state index contributed by atoms with van der Waals surface area (Å²) in [6, 6.07) is 0. The molecule has 0 rings (SSSR count). The van der Waals surface area contributed by atoms with E-state index >= 15 is 0 Å². The molecule has 0 radical (unpaired) electrons. The van der Waals surface area contributed by atoms with Crippen LogP contribution in [0.2, 0.25) is 0 Å². The molecule has 9 nitrogen and oxygen atoms in total. The van der Waals surface area contributed by atoms with Crippen molar-refractivity contribution in [2.24, 2.45) is 5.73 Å².